The number of hydrogen-bond acceptors (Lipinski definition) is 6. The van der Waals surface area contributed by atoms with Crippen LogP contribution in [0.5, 0.6) is 0 Å². The lowest BCUT2D eigenvalue weighted by molar-refractivity contribution is -0.177. The molecular formula is C22H30O6. The molecule has 4 bridgehead atoms. The molecule has 4 fully saturated rings. The highest BCUT2D eigenvalue weighted by Gasteiger charge is 2.70. The van der Waals surface area contributed by atoms with E-state index in [1.807, 2.05) is 0 Å². The van der Waals surface area contributed by atoms with E-state index >= 15 is 0 Å². The fourth-order valence-corrected chi connectivity index (χ4v) is 6.85. The lowest BCUT2D eigenvalue weighted by atomic mass is 9.64. The van der Waals surface area contributed by atoms with Crippen molar-refractivity contribution >= 4 is 11.9 Å². The zero-order valence-corrected chi connectivity index (χ0v) is 16.7. The van der Waals surface area contributed by atoms with Gasteiger partial charge in [-0.2, -0.15) is 0 Å². The van der Waals surface area contributed by atoms with Crippen molar-refractivity contribution in [2.24, 2.45) is 35.5 Å². The maximum Gasteiger partial charge on any atom is 0.314 e. The van der Waals surface area contributed by atoms with Crippen LogP contribution in [0.1, 0.15) is 45.4 Å². The number of carbonyl (C=O) groups is 2. The van der Waals surface area contributed by atoms with E-state index in [2.05, 4.69) is 19.1 Å². The topological polar surface area (TPSA) is 71.1 Å². The van der Waals surface area contributed by atoms with Crippen molar-refractivity contribution < 1.29 is 28.5 Å². The van der Waals surface area contributed by atoms with Crippen LogP contribution in [0, 0.1) is 35.5 Å². The molecule has 28 heavy (non-hydrogen) atoms. The molecule has 2 saturated heterocycles. The molecule has 0 aromatic heterocycles. The Kier molecular flexibility index (Phi) is 4.55. The second kappa shape index (κ2) is 6.84. The number of esters is 2. The molecule has 8 atom stereocenters. The molecule has 2 heterocycles. The van der Waals surface area contributed by atoms with E-state index in [1.54, 1.807) is 0 Å². The number of rotatable bonds is 6. The van der Waals surface area contributed by atoms with Gasteiger partial charge in [-0.3, -0.25) is 9.59 Å². The van der Waals surface area contributed by atoms with Crippen molar-refractivity contribution in [3.05, 3.63) is 12.2 Å². The normalized spacial score (nSPS) is 44.1. The molecule has 5 aliphatic rings. The third-order valence-corrected chi connectivity index (χ3v) is 8.09. The number of carbonyl (C=O) groups excluding carboxylic acids is 2. The Bertz CT molecular complexity index is 681. The smallest absolute Gasteiger partial charge is 0.314 e. The summed E-state index contributed by atoms with van der Waals surface area (Å²) >= 11 is 0. The van der Waals surface area contributed by atoms with E-state index in [1.165, 1.54) is 7.11 Å². The molecular weight excluding hydrogens is 360 g/mol. The van der Waals surface area contributed by atoms with E-state index in [0.717, 1.165) is 38.5 Å². The summed E-state index contributed by atoms with van der Waals surface area (Å²) in [4.78, 5) is 26.3. The first kappa shape index (κ1) is 18.6. The van der Waals surface area contributed by atoms with E-state index < -0.39 is 17.8 Å². The molecule has 2 aliphatic heterocycles. The highest BCUT2D eigenvalue weighted by Crippen LogP contribution is 2.63. The molecule has 0 N–H and O–H groups in total. The monoisotopic (exact) mass is 390 g/mol. The molecule has 0 aromatic carbocycles. The molecule has 6 nitrogen and oxygen atoms in total. The van der Waals surface area contributed by atoms with E-state index in [9.17, 15) is 9.59 Å². The first-order valence-electron chi connectivity index (χ1n) is 10.8. The number of ether oxygens (including phenoxy) is 4. The predicted molar refractivity (Wildman–Crippen MR) is 98.9 cm³/mol. The number of fused-ring (bicyclic) bond motifs is 9. The third kappa shape index (κ3) is 2.60. The molecule has 2 saturated carbocycles. The number of allylic oxidation sites excluding steroid dienone is 2. The molecule has 5 rings (SSSR count). The fourth-order valence-electron chi connectivity index (χ4n) is 6.85. The van der Waals surface area contributed by atoms with Gasteiger partial charge in [-0.1, -0.05) is 19.1 Å². The van der Waals surface area contributed by atoms with Crippen molar-refractivity contribution in [1.29, 1.82) is 0 Å². The molecule has 154 valence electrons. The second-order valence-corrected chi connectivity index (χ2v) is 9.25. The Labute approximate surface area is 165 Å². The first-order chi connectivity index (χ1) is 13.6. The van der Waals surface area contributed by atoms with Gasteiger partial charge in [-0.25, -0.2) is 0 Å². The van der Waals surface area contributed by atoms with E-state index in [0.29, 0.717) is 23.7 Å². The summed E-state index contributed by atoms with van der Waals surface area (Å²) in [6.07, 6.45) is 10.00. The fraction of sp³-hybridized carbons (Fsp3) is 0.818. The molecule has 3 aliphatic carbocycles. The maximum absolute atomic E-state index is 13.4. The van der Waals surface area contributed by atoms with Crippen molar-refractivity contribution in [3.63, 3.8) is 0 Å². The van der Waals surface area contributed by atoms with Gasteiger partial charge in [0.2, 0.25) is 0 Å². The molecule has 0 aromatic rings. The summed E-state index contributed by atoms with van der Waals surface area (Å²) in [5.41, 5.74) is -0.367. The highest BCUT2D eigenvalue weighted by molar-refractivity contribution is 5.84. The van der Waals surface area contributed by atoms with Crippen molar-refractivity contribution in [1.82, 2.24) is 0 Å². The van der Waals surface area contributed by atoms with Crippen molar-refractivity contribution in [2.75, 3.05) is 13.9 Å². The minimum Gasteiger partial charge on any atom is -0.459 e. The van der Waals surface area contributed by atoms with Crippen LogP contribution < -0.4 is 0 Å². The van der Waals surface area contributed by atoms with Crippen LogP contribution in [0.2, 0.25) is 0 Å². The standard InChI is InChI=1S/C22H30O6/c1-3-22(8-4-5-9-22)28-21(24)17-16(20(23)26-11-25-2)18-14-12-6-7-13(10-12)15(14)19(17)27-18/h6-7,12-19H,3-5,8-11H2,1-2H3. The lowest BCUT2D eigenvalue weighted by Gasteiger charge is -2.38. The van der Waals surface area contributed by atoms with Crippen molar-refractivity contribution in [2.45, 2.75) is 63.3 Å². The van der Waals surface area contributed by atoms with Crippen LogP contribution in [0.25, 0.3) is 0 Å². The summed E-state index contributed by atoms with van der Waals surface area (Å²) in [6.45, 7) is 1.98. The summed E-state index contributed by atoms with van der Waals surface area (Å²) in [5, 5.41) is 0. The van der Waals surface area contributed by atoms with Gasteiger partial charge >= 0.3 is 11.9 Å². The predicted octanol–water partition coefficient (Wildman–Crippen LogP) is 2.85. The van der Waals surface area contributed by atoms with Crippen LogP contribution in [-0.2, 0) is 28.5 Å². The summed E-state index contributed by atoms with van der Waals surface area (Å²) < 4.78 is 22.6. The van der Waals surface area contributed by atoms with Gasteiger partial charge in [0.15, 0.2) is 6.79 Å². The Morgan fingerprint density at radius 3 is 2.21 bits per heavy atom. The average molecular weight is 390 g/mol. The van der Waals surface area contributed by atoms with Crippen LogP contribution in [0.15, 0.2) is 12.2 Å². The molecule has 0 spiro atoms. The Hall–Kier alpha value is -1.40. The van der Waals surface area contributed by atoms with Gasteiger partial charge in [0, 0.05) is 7.11 Å². The maximum atomic E-state index is 13.4. The van der Waals surface area contributed by atoms with Gasteiger partial charge in [0.05, 0.1) is 24.0 Å². The number of methoxy groups -OCH3 is 1. The van der Waals surface area contributed by atoms with E-state index in [-0.39, 0.29) is 30.6 Å². The molecule has 0 radical (unpaired) electrons. The first-order valence-corrected chi connectivity index (χ1v) is 10.8. The average Bonchev–Trinajstić information content (AvgIpc) is 3.50. The Morgan fingerprint density at radius 1 is 1.04 bits per heavy atom. The minimum atomic E-state index is -0.586. The quantitative estimate of drug-likeness (QED) is 0.395. The zero-order valence-electron chi connectivity index (χ0n) is 16.7. The van der Waals surface area contributed by atoms with Gasteiger partial charge in [0.25, 0.3) is 0 Å². The van der Waals surface area contributed by atoms with Crippen LogP contribution in [0.3, 0.4) is 0 Å². The van der Waals surface area contributed by atoms with Crippen LogP contribution >= 0.6 is 0 Å². The largest absolute Gasteiger partial charge is 0.459 e. The number of hydrogen-bond donors (Lipinski definition) is 0. The van der Waals surface area contributed by atoms with Gasteiger partial charge in [-0.05, 0) is 62.2 Å². The van der Waals surface area contributed by atoms with Gasteiger partial charge in [0.1, 0.15) is 5.60 Å². The zero-order chi connectivity index (χ0) is 19.5. The third-order valence-electron chi connectivity index (χ3n) is 8.09. The molecule has 0 amide bonds. The second-order valence-electron chi connectivity index (χ2n) is 9.25. The van der Waals surface area contributed by atoms with Crippen LogP contribution in [0.4, 0.5) is 0 Å². The van der Waals surface area contributed by atoms with Gasteiger partial charge < -0.3 is 18.9 Å². The minimum absolute atomic E-state index is 0.104. The summed E-state index contributed by atoms with van der Waals surface area (Å²) in [6, 6.07) is 0. The van der Waals surface area contributed by atoms with E-state index in [4.69, 9.17) is 18.9 Å². The Morgan fingerprint density at radius 2 is 1.64 bits per heavy atom. The highest BCUT2D eigenvalue weighted by atomic mass is 16.7. The van der Waals surface area contributed by atoms with Crippen molar-refractivity contribution in [3.8, 4) is 0 Å². The molecule has 8 unspecified atom stereocenters. The van der Waals surface area contributed by atoms with Crippen LogP contribution in [-0.4, -0.2) is 43.7 Å². The summed E-state index contributed by atoms with van der Waals surface area (Å²) in [5.74, 6) is -0.246. The molecule has 6 heteroatoms. The lowest BCUT2D eigenvalue weighted by Crippen LogP contribution is -2.50. The van der Waals surface area contributed by atoms with Gasteiger partial charge in [-0.15, -0.1) is 0 Å². The Balaban J connectivity index is 1.42. The summed E-state index contributed by atoms with van der Waals surface area (Å²) in [7, 11) is 1.48. The SMILES string of the molecule is CCC1(OC(=O)C2C3OC(C2C(=O)OCOC)C2C4C=CC(C4)C32)CCCC1.